The predicted octanol–water partition coefficient (Wildman–Crippen LogP) is 3.80. The van der Waals surface area contributed by atoms with E-state index in [-0.39, 0.29) is 12.4 Å². The van der Waals surface area contributed by atoms with Gasteiger partial charge in [0.25, 0.3) is 0 Å². The van der Waals surface area contributed by atoms with Crippen LogP contribution in [-0.4, -0.2) is 26.1 Å². The lowest BCUT2D eigenvalue weighted by atomic mass is 10.2. The Labute approximate surface area is 138 Å². The van der Waals surface area contributed by atoms with Crippen molar-refractivity contribution in [2.75, 3.05) is 20.3 Å². The minimum Gasteiger partial charge on any atom is -0.497 e. The number of benzene rings is 1. The van der Waals surface area contributed by atoms with E-state index in [0.717, 1.165) is 5.56 Å². The van der Waals surface area contributed by atoms with Gasteiger partial charge in [0, 0.05) is 6.42 Å². The fourth-order valence-corrected chi connectivity index (χ4v) is 1.68. The number of hydrogen-bond donors (Lipinski definition) is 0. The molecule has 23 heavy (non-hydrogen) atoms. The lowest BCUT2D eigenvalue weighted by Gasteiger charge is -2.06. The van der Waals surface area contributed by atoms with Crippen LogP contribution in [0.4, 0.5) is 0 Å². The first-order valence-corrected chi connectivity index (χ1v) is 7.47. The minimum absolute atomic E-state index is 0.00507. The highest BCUT2D eigenvalue weighted by Gasteiger charge is 2.03. The summed E-state index contributed by atoms with van der Waals surface area (Å²) in [7, 11) is 1.57. The number of Topliss-reactive ketones (excluding diaryl/α,β-unsaturated/α-hetero) is 1. The van der Waals surface area contributed by atoms with Crippen molar-refractivity contribution in [3.05, 3.63) is 72.2 Å². The van der Waals surface area contributed by atoms with Gasteiger partial charge in [0.05, 0.1) is 26.1 Å². The molecule has 0 fully saturated rings. The van der Waals surface area contributed by atoms with Crippen LogP contribution < -0.4 is 0 Å². The van der Waals surface area contributed by atoms with Gasteiger partial charge in [-0.25, -0.2) is 0 Å². The lowest BCUT2D eigenvalue weighted by molar-refractivity contribution is -0.123. The highest BCUT2D eigenvalue weighted by molar-refractivity contribution is 5.79. The van der Waals surface area contributed by atoms with E-state index in [1.54, 1.807) is 32.3 Å². The maximum absolute atomic E-state index is 11.7. The summed E-state index contributed by atoms with van der Waals surface area (Å²) in [5.74, 6) is 1.28. The molecule has 0 amide bonds. The first-order chi connectivity index (χ1) is 11.2. The summed E-state index contributed by atoms with van der Waals surface area (Å²) in [4.78, 5) is 11.7. The van der Waals surface area contributed by atoms with Crippen molar-refractivity contribution in [3.8, 4) is 0 Å². The molecule has 0 aromatic heterocycles. The van der Waals surface area contributed by atoms with Crippen molar-refractivity contribution < 1.29 is 19.0 Å². The Bertz CT molecular complexity index is 544. The number of carbonyl (C=O) groups is 1. The molecule has 0 saturated carbocycles. The van der Waals surface area contributed by atoms with Gasteiger partial charge in [-0.15, -0.1) is 0 Å². The van der Waals surface area contributed by atoms with E-state index in [1.165, 1.54) is 0 Å². The predicted molar refractivity (Wildman–Crippen MR) is 90.7 cm³/mol. The molecule has 1 rings (SSSR count). The van der Waals surface area contributed by atoms with Gasteiger partial charge < -0.3 is 14.2 Å². The van der Waals surface area contributed by atoms with Crippen molar-refractivity contribution in [1.29, 1.82) is 0 Å². The molecule has 0 spiro atoms. The molecule has 0 aliphatic carbocycles. The Morgan fingerprint density at radius 2 is 1.96 bits per heavy atom. The Kier molecular flexibility index (Phi) is 9.17. The first kappa shape index (κ1) is 18.7. The van der Waals surface area contributed by atoms with Gasteiger partial charge in [-0.1, -0.05) is 36.9 Å². The molecule has 0 bridgehead atoms. The fraction of sp³-hybridized carbons (Fsp3) is 0.316. The summed E-state index contributed by atoms with van der Waals surface area (Å²) in [5.41, 5.74) is 1.10. The van der Waals surface area contributed by atoms with E-state index in [0.29, 0.717) is 31.2 Å². The van der Waals surface area contributed by atoms with Crippen molar-refractivity contribution in [2.24, 2.45) is 0 Å². The molecular weight excluding hydrogens is 292 g/mol. The van der Waals surface area contributed by atoms with Crippen molar-refractivity contribution in [3.63, 3.8) is 0 Å². The number of ketones is 1. The normalized spacial score (nSPS) is 11.9. The third-order valence-corrected chi connectivity index (χ3v) is 3.02. The van der Waals surface area contributed by atoms with Gasteiger partial charge in [-0.3, -0.25) is 4.79 Å². The summed E-state index contributed by atoms with van der Waals surface area (Å²) < 4.78 is 15.9. The number of methoxy groups -OCH3 is 1. The molecule has 0 radical (unpaired) electrons. The summed E-state index contributed by atoms with van der Waals surface area (Å²) in [6.45, 7) is 6.35. The summed E-state index contributed by atoms with van der Waals surface area (Å²) in [6, 6.07) is 9.86. The molecule has 0 heterocycles. The van der Waals surface area contributed by atoms with Crippen LogP contribution in [0.5, 0.6) is 0 Å². The van der Waals surface area contributed by atoms with Crippen molar-refractivity contribution in [1.82, 2.24) is 0 Å². The van der Waals surface area contributed by atoms with Crippen molar-refractivity contribution >= 4 is 5.78 Å². The van der Waals surface area contributed by atoms with E-state index in [2.05, 4.69) is 6.58 Å². The Hall–Kier alpha value is -2.33. The monoisotopic (exact) mass is 316 g/mol. The summed E-state index contributed by atoms with van der Waals surface area (Å²) >= 11 is 0. The van der Waals surface area contributed by atoms with E-state index >= 15 is 0 Å². The Morgan fingerprint density at radius 1 is 1.22 bits per heavy atom. The van der Waals surface area contributed by atoms with Gasteiger partial charge in [0.15, 0.2) is 5.78 Å². The number of ether oxygens (including phenoxy) is 3. The molecular formula is C19H24O4. The zero-order chi connectivity index (χ0) is 16.9. The largest absolute Gasteiger partial charge is 0.497 e. The smallest absolute Gasteiger partial charge is 0.172 e. The molecule has 4 heteroatoms. The molecule has 0 atom stereocenters. The maximum Gasteiger partial charge on any atom is 0.172 e. The quantitative estimate of drug-likeness (QED) is 0.354. The fourth-order valence-electron chi connectivity index (χ4n) is 1.68. The summed E-state index contributed by atoms with van der Waals surface area (Å²) in [6.07, 6.45) is 5.40. The van der Waals surface area contributed by atoms with Gasteiger partial charge >= 0.3 is 0 Å². The Balaban J connectivity index is 2.20. The number of allylic oxidation sites excluding steroid dienone is 4. The highest BCUT2D eigenvalue weighted by Crippen LogP contribution is 2.03. The maximum atomic E-state index is 11.7. The molecule has 0 saturated heterocycles. The van der Waals surface area contributed by atoms with Crippen LogP contribution in [0, 0.1) is 0 Å². The van der Waals surface area contributed by atoms with Crippen LogP contribution in [0.15, 0.2) is 66.7 Å². The van der Waals surface area contributed by atoms with E-state index in [1.807, 2.05) is 30.3 Å². The third-order valence-electron chi connectivity index (χ3n) is 3.02. The average Bonchev–Trinajstić information content (AvgIpc) is 2.58. The number of hydrogen-bond acceptors (Lipinski definition) is 4. The Morgan fingerprint density at radius 3 is 2.61 bits per heavy atom. The molecule has 124 valence electrons. The van der Waals surface area contributed by atoms with Gasteiger partial charge in [-0.05, 0) is 30.7 Å². The van der Waals surface area contributed by atoms with Gasteiger partial charge in [-0.2, -0.15) is 0 Å². The van der Waals surface area contributed by atoms with Crippen LogP contribution >= 0.6 is 0 Å². The second-order valence-corrected chi connectivity index (χ2v) is 4.87. The standard InChI is InChI=1S/C19H24O4/c1-4-19(21-3)11-10-16(2)23-15-18(20)12-13-22-14-17-8-6-5-7-9-17/h4-11H,1,12-15H2,2-3H3/b16-10+,19-11+. The first-order valence-electron chi connectivity index (χ1n) is 7.47. The van der Waals surface area contributed by atoms with Crippen molar-refractivity contribution in [2.45, 2.75) is 20.0 Å². The lowest BCUT2D eigenvalue weighted by Crippen LogP contribution is -2.11. The highest BCUT2D eigenvalue weighted by atomic mass is 16.5. The molecule has 4 nitrogen and oxygen atoms in total. The molecule has 0 aliphatic heterocycles. The van der Waals surface area contributed by atoms with Crippen LogP contribution in [0.1, 0.15) is 18.9 Å². The number of carbonyl (C=O) groups excluding carboxylic acids is 1. The van der Waals surface area contributed by atoms with Crippen LogP contribution in [0.25, 0.3) is 0 Å². The van der Waals surface area contributed by atoms with Gasteiger partial charge in [0.1, 0.15) is 12.4 Å². The molecule has 0 unspecified atom stereocenters. The van der Waals surface area contributed by atoms with Gasteiger partial charge in [0.2, 0.25) is 0 Å². The zero-order valence-electron chi connectivity index (χ0n) is 13.8. The molecule has 1 aromatic carbocycles. The minimum atomic E-state index is 0.00507. The third kappa shape index (κ3) is 8.63. The van der Waals surface area contributed by atoms with E-state index in [4.69, 9.17) is 14.2 Å². The SMILES string of the molecule is C=C/C(=C\C=C(/C)OCC(=O)CCOCc1ccccc1)OC. The molecule has 1 aromatic rings. The average molecular weight is 316 g/mol. The van der Waals surface area contributed by atoms with Crippen LogP contribution in [0.3, 0.4) is 0 Å². The summed E-state index contributed by atoms with van der Waals surface area (Å²) in [5, 5.41) is 0. The number of rotatable bonds is 11. The molecule has 0 aliphatic rings. The molecule has 0 N–H and O–H groups in total. The van der Waals surface area contributed by atoms with E-state index in [9.17, 15) is 4.79 Å². The zero-order valence-corrected chi connectivity index (χ0v) is 13.8. The second-order valence-electron chi connectivity index (χ2n) is 4.87. The van der Waals surface area contributed by atoms with E-state index < -0.39 is 0 Å². The van der Waals surface area contributed by atoms with Crippen LogP contribution in [-0.2, 0) is 25.6 Å². The van der Waals surface area contributed by atoms with Crippen LogP contribution in [0.2, 0.25) is 0 Å². The second kappa shape index (κ2) is 11.3. The topological polar surface area (TPSA) is 44.8 Å².